The summed E-state index contributed by atoms with van der Waals surface area (Å²) in [5.74, 6) is -6.30. The van der Waals surface area contributed by atoms with Gasteiger partial charge in [0.2, 0.25) is 17.4 Å². The van der Waals surface area contributed by atoms with Crippen LogP contribution in [0.25, 0.3) is 0 Å². The molecule has 7 rings (SSSR count). The van der Waals surface area contributed by atoms with Crippen LogP contribution in [0.3, 0.4) is 0 Å². The SMILES string of the molecule is COC1(OC)C(=O)[C@H]2C=C(C#N)[C@@H]1[C@H]1[C@@H]2S[C@H]2[C@@H]1[C@H]1C=C(C#N)[C@@H]2C(OC)(OC)C1=O. The van der Waals surface area contributed by atoms with E-state index in [1.807, 2.05) is 0 Å². The summed E-state index contributed by atoms with van der Waals surface area (Å²) in [6, 6.07) is 4.47. The van der Waals surface area contributed by atoms with Crippen molar-refractivity contribution in [3.63, 3.8) is 0 Å². The van der Waals surface area contributed by atoms with Crippen LogP contribution in [0.1, 0.15) is 0 Å². The Morgan fingerprint density at radius 1 is 0.774 bits per heavy atom. The fourth-order valence-corrected chi connectivity index (χ4v) is 9.15. The Kier molecular flexibility index (Phi) is 4.54. The molecule has 6 aliphatic carbocycles. The molecule has 1 heterocycles. The number of thioether (sulfide) groups is 1. The van der Waals surface area contributed by atoms with Crippen LogP contribution in [-0.4, -0.2) is 62.1 Å². The number of methoxy groups -OCH3 is 4. The van der Waals surface area contributed by atoms with Gasteiger partial charge in [0.25, 0.3) is 0 Å². The van der Waals surface area contributed by atoms with Crippen molar-refractivity contribution in [3.8, 4) is 12.1 Å². The Hall–Kier alpha value is -2.01. The molecular weight excluding hydrogens is 420 g/mol. The topological polar surface area (TPSA) is 119 Å². The Bertz CT molecular complexity index is 1010. The third kappa shape index (κ3) is 2.14. The van der Waals surface area contributed by atoms with Crippen molar-refractivity contribution in [3.05, 3.63) is 23.3 Å². The summed E-state index contributed by atoms with van der Waals surface area (Å²) in [7, 11) is 5.67. The van der Waals surface area contributed by atoms with Gasteiger partial charge in [0.1, 0.15) is 0 Å². The first-order chi connectivity index (χ1) is 14.9. The monoisotopic (exact) mass is 442 g/mol. The van der Waals surface area contributed by atoms with Crippen LogP contribution >= 0.6 is 11.8 Å². The molecule has 1 saturated heterocycles. The number of carbonyl (C=O) groups excluding carboxylic acids is 2. The highest BCUT2D eigenvalue weighted by atomic mass is 32.2. The highest BCUT2D eigenvalue weighted by Crippen LogP contribution is 2.68. The number of rotatable bonds is 4. The van der Waals surface area contributed by atoms with E-state index in [1.54, 1.807) is 23.9 Å². The molecule has 0 unspecified atom stereocenters. The molecule has 2 saturated carbocycles. The second-order valence-electron chi connectivity index (χ2n) is 8.57. The second kappa shape index (κ2) is 6.74. The Morgan fingerprint density at radius 3 is 1.81 bits per heavy atom. The molecule has 0 N–H and O–H groups in total. The van der Waals surface area contributed by atoms with E-state index in [0.29, 0.717) is 11.1 Å². The third-order valence-corrected chi connectivity index (χ3v) is 9.79. The molecule has 0 aromatic carbocycles. The van der Waals surface area contributed by atoms with Crippen LogP contribution in [-0.2, 0) is 28.5 Å². The molecule has 7 aliphatic rings. The summed E-state index contributed by atoms with van der Waals surface area (Å²) in [6.45, 7) is 0. The first-order valence-electron chi connectivity index (χ1n) is 10.1. The number of carbonyl (C=O) groups is 2. The van der Waals surface area contributed by atoms with Gasteiger partial charge in [0.15, 0.2) is 5.78 Å². The average molecular weight is 442 g/mol. The van der Waals surface area contributed by atoms with Crippen LogP contribution in [0.4, 0.5) is 0 Å². The van der Waals surface area contributed by atoms with E-state index in [0.717, 1.165) is 0 Å². The van der Waals surface area contributed by atoms with Crippen LogP contribution in [0.15, 0.2) is 23.3 Å². The molecule has 162 valence electrons. The number of hydrogen-bond donors (Lipinski definition) is 0. The molecule has 0 radical (unpaired) electrons. The zero-order valence-electron chi connectivity index (χ0n) is 17.5. The van der Waals surface area contributed by atoms with Crippen LogP contribution in [0, 0.1) is 58.2 Å². The first-order valence-corrected chi connectivity index (χ1v) is 11.0. The van der Waals surface area contributed by atoms with Gasteiger partial charge in [-0.25, -0.2) is 0 Å². The minimum atomic E-state index is -1.55. The number of hydrogen-bond acceptors (Lipinski definition) is 9. The molecular formula is C22H22N2O6S. The number of allylic oxidation sites excluding steroid dienone is 2. The van der Waals surface area contributed by atoms with E-state index >= 15 is 0 Å². The predicted octanol–water partition coefficient (Wildman–Crippen LogP) is 1.24. The molecule has 9 heteroatoms. The molecule has 8 atom stereocenters. The minimum absolute atomic E-state index is 0.142. The second-order valence-corrected chi connectivity index (χ2v) is 9.94. The van der Waals surface area contributed by atoms with Crippen molar-refractivity contribution in [2.45, 2.75) is 22.1 Å². The zero-order valence-corrected chi connectivity index (χ0v) is 18.3. The number of Topliss-reactive ketones (excluding diaryl/α,β-unsaturated/α-hetero) is 2. The number of fused-ring (bicyclic) bond motifs is 2. The number of ether oxygens (including phenoxy) is 4. The maximum atomic E-state index is 13.5. The smallest absolute Gasteiger partial charge is 0.237 e. The molecule has 8 nitrogen and oxygen atoms in total. The zero-order chi connectivity index (χ0) is 22.3. The predicted molar refractivity (Wildman–Crippen MR) is 107 cm³/mol. The Labute approximate surface area is 184 Å². The molecule has 4 bridgehead atoms. The maximum absolute atomic E-state index is 13.5. The van der Waals surface area contributed by atoms with Gasteiger partial charge in [0.05, 0.1) is 29.9 Å². The Morgan fingerprint density at radius 2 is 1.26 bits per heavy atom. The number of ketones is 2. The molecule has 0 spiro atoms. The minimum Gasteiger partial charge on any atom is -0.346 e. The fraction of sp³-hybridized carbons (Fsp3) is 0.636. The standard InChI is InChI=1S/C22H22N2O6S/c1-27-21(28-2)15-9(7-23)6-12(20(21)26)17-14(15)13-11-5-10(8-24)16(18(13)31-17)22(29-3,30-4)19(11)25/h5-6,11-18H,1-4H3/t11-,12+,13-,14+,15-,16+,17-,18+/m1/s1. The van der Waals surface area contributed by atoms with Gasteiger partial charge in [-0.3, -0.25) is 9.59 Å². The van der Waals surface area contributed by atoms with E-state index < -0.39 is 35.2 Å². The summed E-state index contributed by atoms with van der Waals surface area (Å²) in [4.78, 5) is 26.9. The normalized spacial score (nSPS) is 42.9. The first kappa shape index (κ1) is 20.9. The lowest BCUT2D eigenvalue weighted by Crippen LogP contribution is -2.68. The van der Waals surface area contributed by atoms with Crippen molar-refractivity contribution < 1.29 is 28.5 Å². The maximum Gasteiger partial charge on any atom is 0.237 e. The largest absolute Gasteiger partial charge is 0.346 e. The fourth-order valence-electron chi connectivity index (χ4n) is 6.88. The van der Waals surface area contributed by atoms with Crippen LogP contribution in [0.2, 0.25) is 0 Å². The van der Waals surface area contributed by atoms with Crippen molar-refractivity contribution in [2.75, 3.05) is 28.4 Å². The average Bonchev–Trinajstić information content (AvgIpc) is 3.22. The van der Waals surface area contributed by atoms with E-state index in [-0.39, 0.29) is 33.9 Å². The van der Waals surface area contributed by atoms with E-state index in [1.165, 1.54) is 28.4 Å². The number of nitrogens with zero attached hydrogens (tertiary/aromatic N) is 2. The van der Waals surface area contributed by atoms with Crippen LogP contribution in [0.5, 0.6) is 0 Å². The van der Waals surface area contributed by atoms with Gasteiger partial charge in [-0.1, -0.05) is 12.2 Å². The van der Waals surface area contributed by atoms with Crippen LogP contribution < -0.4 is 0 Å². The lowest BCUT2D eigenvalue weighted by atomic mass is 9.50. The third-order valence-electron chi connectivity index (χ3n) is 7.97. The summed E-state index contributed by atoms with van der Waals surface area (Å²) >= 11 is 1.61. The summed E-state index contributed by atoms with van der Waals surface area (Å²) < 4.78 is 22.6. The molecule has 0 amide bonds. The summed E-state index contributed by atoms with van der Waals surface area (Å²) in [5.41, 5.74) is 0.927. The van der Waals surface area contributed by atoms with Gasteiger partial charge in [-0.05, 0) is 11.8 Å². The van der Waals surface area contributed by atoms with Gasteiger partial charge in [0, 0.05) is 56.0 Å². The lowest BCUT2D eigenvalue weighted by molar-refractivity contribution is -0.255. The van der Waals surface area contributed by atoms with E-state index in [2.05, 4.69) is 12.1 Å². The summed E-state index contributed by atoms with van der Waals surface area (Å²) in [5, 5.41) is 19.3. The highest BCUT2D eigenvalue weighted by Gasteiger charge is 2.75. The van der Waals surface area contributed by atoms with Gasteiger partial charge < -0.3 is 18.9 Å². The lowest BCUT2D eigenvalue weighted by Gasteiger charge is -2.56. The van der Waals surface area contributed by atoms with Crippen molar-refractivity contribution >= 4 is 23.3 Å². The van der Waals surface area contributed by atoms with Gasteiger partial charge >= 0.3 is 0 Å². The molecule has 31 heavy (non-hydrogen) atoms. The van der Waals surface area contributed by atoms with Gasteiger partial charge in [-0.15, -0.1) is 0 Å². The van der Waals surface area contributed by atoms with E-state index in [4.69, 9.17) is 18.9 Å². The summed E-state index contributed by atoms with van der Waals surface area (Å²) in [6.07, 6.45) is 3.46. The molecule has 1 aliphatic heterocycles. The molecule has 0 aromatic rings. The quantitative estimate of drug-likeness (QED) is 0.592. The molecule has 3 fully saturated rings. The van der Waals surface area contributed by atoms with Gasteiger partial charge in [-0.2, -0.15) is 22.3 Å². The van der Waals surface area contributed by atoms with Crippen molar-refractivity contribution in [1.82, 2.24) is 0 Å². The number of nitriles is 2. The highest BCUT2D eigenvalue weighted by molar-refractivity contribution is 8.00. The van der Waals surface area contributed by atoms with Crippen molar-refractivity contribution in [1.29, 1.82) is 10.5 Å². The van der Waals surface area contributed by atoms with Crippen molar-refractivity contribution in [2.24, 2.45) is 35.5 Å². The molecule has 0 aromatic heterocycles. The Balaban J connectivity index is 1.69. The van der Waals surface area contributed by atoms with E-state index in [9.17, 15) is 20.1 Å².